The molecule has 4 N–H and O–H groups in total. The van der Waals surface area contributed by atoms with Gasteiger partial charge in [0.05, 0.1) is 6.26 Å². The molecule has 1 unspecified atom stereocenters. The van der Waals surface area contributed by atoms with E-state index in [0.717, 1.165) is 6.26 Å². The van der Waals surface area contributed by atoms with E-state index in [1.54, 1.807) is 0 Å². The van der Waals surface area contributed by atoms with Crippen molar-refractivity contribution in [1.82, 2.24) is 15.4 Å². The number of aliphatic carboxylic acids is 1. The van der Waals surface area contributed by atoms with Crippen LogP contribution in [0.3, 0.4) is 0 Å². The number of carbonyl (C=O) groups is 2. The number of carbonyl (C=O) groups excluding carboxylic acids is 1. The first-order valence-electron chi connectivity index (χ1n) is 6.42. The van der Waals surface area contributed by atoms with E-state index in [2.05, 4.69) is 15.4 Å². The normalized spacial score (nSPS) is 12.7. The number of urea groups is 1. The molecule has 2 amide bonds. The topological polar surface area (TPSA) is 125 Å². The standard InChI is InChI=1S/C11H23N3O5S/c1-3-9(7-10(15)16)8-13-11(17)12-5-4-6-14-20(2,18)19/h9,14H,3-8H2,1-2H3,(H,15,16)(H2,12,13,17). The second kappa shape index (κ2) is 9.54. The smallest absolute Gasteiger partial charge is 0.314 e. The number of carboxylic acids is 1. The third kappa shape index (κ3) is 11.7. The Morgan fingerprint density at radius 1 is 1.20 bits per heavy atom. The first-order chi connectivity index (χ1) is 9.24. The molecule has 0 radical (unpaired) electrons. The van der Waals surface area contributed by atoms with Crippen LogP contribution >= 0.6 is 0 Å². The van der Waals surface area contributed by atoms with Crippen LogP contribution in [0.5, 0.6) is 0 Å². The molecular formula is C11H23N3O5S. The summed E-state index contributed by atoms with van der Waals surface area (Å²) in [6.07, 6.45) is 2.24. The lowest BCUT2D eigenvalue weighted by molar-refractivity contribution is -0.138. The van der Waals surface area contributed by atoms with E-state index in [1.165, 1.54) is 0 Å². The minimum atomic E-state index is -3.20. The molecule has 0 saturated carbocycles. The molecule has 8 nitrogen and oxygen atoms in total. The molecule has 0 rings (SSSR count). The van der Waals surface area contributed by atoms with E-state index in [4.69, 9.17) is 5.11 Å². The van der Waals surface area contributed by atoms with Gasteiger partial charge in [-0.3, -0.25) is 4.79 Å². The second-order valence-corrected chi connectivity index (χ2v) is 6.36. The van der Waals surface area contributed by atoms with Crippen molar-refractivity contribution in [3.63, 3.8) is 0 Å². The van der Waals surface area contributed by atoms with Crippen LogP contribution in [0.4, 0.5) is 4.79 Å². The summed E-state index contributed by atoms with van der Waals surface area (Å²) >= 11 is 0. The van der Waals surface area contributed by atoms with E-state index in [-0.39, 0.29) is 24.9 Å². The molecule has 9 heteroatoms. The quantitative estimate of drug-likeness (QED) is 0.413. The minimum Gasteiger partial charge on any atom is -0.481 e. The van der Waals surface area contributed by atoms with Crippen LogP contribution in [-0.4, -0.2) is 51.4 Å². The number of sulfonamides is 1. The van der Waals surface area contributed by atoms with Crippen LogP contribution < -0.4 is 15.4 Å². The van der Waals surface area contributed by atoms with Gasteiger partial charge in [-0.15, -0.1) is 0 Å². The van der Waals surface area contributed by atoms with Crippen molar-refractivity contribution in [3.05, 3.63) is 0 Å². The molecule has 0 fully saturated rings. The number of hydrogen-bond donors (Lipinski definition) is 4. The lowest BCUT2D eigenvalue weighted by Gasteiger charge is -2.14. The lowest BCUT2D eigenvalue weighted by Crippen LogP contribution is -2.39. The number of amides is 2. The van der Waals surface area contributed by atoms with Gasteiger partial charge >= 0.3 is 12.0 Å². The van der Waals surface area contributed by atoms with Gasteiger partial charge in [0.1, 0.15) is 0 Å². The van der Waals surface area contributed by atoms with Crippen LogP contribution in [-0.2, 0) is 14.8 Å². The fourth-order valence-corrected chi connectivity index (χ4v) is 1.97. The summed E-state index contributed by atoms with van der Waals surface area (Å²) in [5.74, 6) is -0.976. The Morgan fingerprint density at radius 3 is 2.35 bits per heavy atom. The lowest BCUT2D eigenvalue weighted by atomic mass is 10.0. The summed E-state index contributed by atoms with van der Waals surface area (Å²) in [6, 6.07) is -0.381. The number of carboxylic acid groups (broad SMARTS) is 1. The largest absolute Gasteiger partial charge is 0.481 e. The molecule has 0 aromatic carbocycles. The Morgan fingerprint density at radius 2 is 1.85 bits per heavy atom. The first kappa shape index (κ1) is 18.7. The van der Waals surface area contributed by atoms with E-state index >= 15 is 0 Å². The Kier molecular flexibility index (Phi) is 8.89. The zero-order valence-electron chi connectivity index (χ0n) is 11.8. The average molecular weight is 309 g/mol. The summed E-state index contributed by atoms with van der Waals surface area (Å²) in [7, 11) is -3.20. The van der Waals surface area contributed by atoms with Crippen molar-refractivity contribution in [3.8, 4) is 0 Å². The fraction of sp³-hybridized carbons (Fsp3) is 0.818. The van der Waals surface area contributed by atoms with E-state index < -0.39 is 16.0 Å². The highest BCUT2D eigenvalue weighted by Gasteiger charge is 2.12. The van der Waals surface area contributed by atoms with Crippen LogP contribution in [0.2, 0.25) is 0 Å². The summed E-state index contributed by atoms with van der Waals surface area (Å²) in [5.41, 5.74) is 0. The van der Waals surface area contributed by atoms with Gasteiger partial charge in [0.2, 0.25) is 10.0 Å². The Labute approximate surface area is 119 Å². The molecule has 0 aliphatic rings. The fourth-order valence-electron chi connectivity index (χ4n) is 1.46. The average Bonchev–Trinajstić information content (AvgIpc) is 2.32. The van der Waals surface area contributed by atoms with Gasteiger partial charge in [-0.1, -0.05) is 13.3 Å². The zero-order chi connectivity index (χ0) is 15.6. The van der Waals surface area contributed by atoms with Gasteiger partial charge < -0.3 is 15.7 Å². The van der Waals surface area contributed by atoms with Crippen molar-refractivity contribution in [2.75, 3.05) is 25.9 Å². The molecule has 20 heavy (non-hydrogen) atoms. The molecule has 0 heterocycles. The first-order valence-corrected chi connectivity index (χ1v) is 8.32. The van der Waals surface area contributed by atoms with Gasteiger partial charge in [0, 0.05) is 26.1 Å². The van der Waals surface area contributed by atoms with Crippen LogP contribution in [0.25, 0.3) is 0 Å². The van der Waals surface area contributed by atoms with Crippen molar-refractivity contribution in [1.29, 1.82) is 0 Å². The Hall–Kier alpha value is -1.35. The van der Waals surface area contributed by atoms with E-state index in [1.807, 2.05) is 6.92 Å². The highest BCUT2D eigenvalue weighted by Crippen LogP contribution is 2.06. The summed E-state index contributed by atoms with van der Waals surface area (Å²) in [6.45, 7) is 2.76. The van der Waals surface area contributed by atoms with E-state index in [9.17, 15) is 18.0 Å². The van der Waals surface area contributed by atoms with Crippen molar-refractivity contribution >= 4 is 22.0 Å². The van der Waals surface area contributed by atoms with Crippen LogP contribution in [0, 0.1) is 5.92 Å². The van der Waals surface area contributed by atoms with Crippen molar-refractivity contribution in [2.24, 2.45) is 5.92 Å². The summed E-state index contributed by atoms with van der Waals surface area (Å²) in [4.78, 5) is 22.0. The maximum absolute atomic E-state index is 11.4. The molecule has 0 aromatic heterocycles. The van der Waals surface area contributed by atoms with Gasteiger partial charge in [0.25, 0.3) is 0 Å². The molecule has 0 aromatic rings. The molecule has 0 aliphatic heterocycles. The van der Waals surface area contributed by atoms with Crippen molar-refractivity contribution < 1.29 is 23.1 Å². The highest BCUT2D eigenvalue weighted by molar-refractivity contribution is 7.88. The molecule has 1 atom stereocenters. The third-order valence-corrected chi connectivity index (χ3v) is 3.32. The molecule has 0 aliphatic carbocycles. The van der Waals surface area contributed by atoms with Crippen LogP contribution in [0.15, 0.2) is 0 Å². The maximum atomic E-state index is 11.4. The number of nitrogens with one attached hydrogen (secondary N) is 3. The van der Waals surface area contributed by atoms with Gasteiger partial charge in [-0.2, -0.15) is 0 Å². The SMILES string of the molecule is CCC(CNC(=O)NCCCNS(C)(=O)=O)CC(=O)O. The maximum Gasteiger partial charge on any atom is 0.314 e. The summed E-state index contributed by atoms with van der Waals surface area (Å²) < 4.78 is 23.8. The van der Waals surface area contributed by atoms with Gasteiger partial charge in [-0.25, -0.2) is 17.9 Å². The van der Waals surface area contributed by atoms with Gasteiger partial charge in [0.15, 0.2) is 0 Å². The molecule has 0 spiro atoms. The zero-order valence-corrected chi connectivity index (χ0v) is 12.6. The Balaban J connectivity index is 3.70. The monoisotopic (exact) mass is 309 g/mol. The predicted octanol–water partition coefficient (Wildman–Crippen LogP) is -0.274. The highest BCUT2D eigenvalue weighted by atomic mass is 32.2. The predicted molar refractivity (Wildman–Crippen MR) is 74.9 cm³/mol. The van der Waals surface area contributed by atoms with Crippen LogP contribution in [0.1, 0.15) is 26.2 Å². The number of hydrogen-bond acceptors (Lipinski definition) is 4. The molecular weight excluding hydrogens is 286 g/mol. The third-order valence-electron chi connectivity index (χ3n) is 2.60. The molecule has 0 saturated heterocycles. The molecule has 0 bridgehead atoms. The number of rotatable bonds is 10. The Bertz CT molecular complexity index is 410. The van der Waals surface area contributed by atoms with E-state index in [0.29, 0.717) is 25.9 Å². The second-order valence-electron chi connectivity index (χ2n) is 4.53. The summed E-state index contributed by atoms with van der Waals surface area (Å²) in [5, 5.41) is 13.8. The van der Waals surface area contributed by atoms with Crippen molar-refractivity contribution in [2.45, 2.75) is 26.2 Å². The van der Waals surface area contributed by atoms with Gasteiger partial charge in [-0.05, 0) is 12.3 Å². The minimum absolute atomic E-state index is 0.0229. The molecule has 118 valence electrons.